The standard InChI is InChI=1S/C10H5Cl2F2NO/c11-6-2-1-5-3-4-15(10(13)14)9(16)7(5)8(6)12/h1-4,10H. The lowest BCUT2D eigenvalue weighted by Crippen LogP contribution is -2.20. The molecular formula is C10H5Cl2F2NO. The number of nitrogens with zero attached hydrogens (tertiary/aromatic N) is 1. The highest BCUT2D eigenvalue weighted by molar-refractivity contribution is 6.45. The number of aromatic nitrogens is 1. The maximum atomic E-state index is 12.5. The molecule has 6 heteroatoms. The molecule has 1 heterocycles. The molecule has 0 amide bonds. The first-order valence-corrected chi connectivity index (χ1v) is 5.05. The van der Waals surface area contributed by atoms with Crippen molar-refractivity contribution in [3.8, 4) is 0 Å². The van der Waals surface area contributed by atoms with E-state index in [-0.39, 0.29) is 15.4 Å². The maximum absolute atomic E-state index is 12.5. The molecule has 0 spiro atoms. The molecule has 2 rings (SSSR count). The van der Waals surface area contributed by atoms with Gasteiger partial charge in [-0.15, -0.1) is 0 Å². The van der Waals surface area contributed by atoms with Gasteiger partial charge in [0.05, 0.1) is 15.4 Å². The first-order valence-electron chi connectivity index (χ1n) is 4.29. The summed E-state index contributed by atoms with van der Waals surface area (Å²) >= 11 is 11.5. The van der Waals surface area contributed by atoms with Gasteiger partial charge in [0.25, 0.3) is 5.56 Å². The average molecular weight is 264 g/mol. The van der Waals surface area contributed by atoms with Crippen molar-refractivity contribution < 1.29 is 8.78 Å². The molecule has 2 nitrogen and oxygen atoms in total. The van der Waals surface area contributed by atoms with Gasteiger partial charge in [-0.2, -0.15) is 8.78 Å². The highest BCUT2D eigenvalue weighted by Gasteiger charge is 2.13. The van der Waals surface area contributed by atoms with Crippen LogP contribution < -0.4 is 5.56 Å². The van der Waals surface area contributed by atoms with E-state index in [1.165, 1.54) is 12.1 Å². The zero-order valence-corrected chi connectivity index (χ0v) is 9.27. The Morgan fingerprint density at radius 1 is 1.19 bits per heavy atom. The number of benzene rings is 1. The summed E-state index contributed by atoms with van der Waals surface area (Å²) in [5, 5.41) is 0.658. The molecule has 0 bridgehead atoms. The molecule has 1 aromatic carbocycles. The molecule has 16 heavy (non-hydrogen) atoms. The van der Waals surface area contributed by atoms with Gasteiger partial charge in [0, 0.05) is 6.20 Å². The Morgan fingerprint density at radius 2 is 1.88 bits per heavy atom. The van der Waals surface area contributed by atoms with Gasteiger partial charge in [-0.05, 0) is 17.5 Å². The molecular weight excluding hydrogens is 259 g/mol. The molecule has 0 aliphatic rings. The molecule has 0 saturated heterocycles. The van der Waals surface area contributed by atoms with Crippen LogP contribution in [0, 0.1) is 0 Å². The van der Waals surface area contributed by atoms with Crippen LogP contribution in [0.2, 0.25) is 10.0 Å². The van der Waals surface area contributed by atoms with Crippen LogP contribution in [0.4, 0.5) is 8.78 Å². The van der Waals surface area contributed by atoms with Gasteiger partial charge in [-0.1, -0.05) is 29.3 Å². The first kappa shape index (κ1) is 11.4. The van der Waals surface area contributed by atoms with Gasteiger partial charge in [-0.25, -0.2) is 0 Å². The van der Waals surface area contributed by atoms with Crippen molar-refractivity contribution in [2.24, 2.45) is 0 Å². The Bertz CT molecular complexity index is 610. The largest absolute Gasteiger partial charge is 0.321 e. The van der Waals surface area contributed by atoms with Crippen molar-refractivity contribution >= 4 is 34.0 Å². The second-order valence-corrected chi connectivity index (χ2v) is 3.92. The van der Waals surface area contributed by atoms with Crippen LogP contribution in [0.5, 0.6) is 0 Å². The lowest BCUT2D eigenvalue weighted by Gasteiger charge is -2.07. The van der Waals surface area contributed by atoms with E-state index < -0.39 is 12.1 Å². The number of fused-ring (bicyclic) bond motifs is 1. The van der Waals surface area contributed by atoms with Crippen LogP contribution in [0.3, 0.4) is 0 Å². The fourth-order valence-corrected chi connectivity index (χ4v) is 1.84. The Balaban J connectivity index is 2.93. The lowest BCUT2D eigenvalue weighted by molar-refractivity contribution is 0.0669. The highest BCUT2D eigenvalue weighted by Crippen LogP contribution is 2.28. The molecule has 0 aliphatic carbocycles. The highest BCUT2D eigenvalue weighted by atomic mass is 35.5. The second-order valence-electron chi connectivity index (χ2n) is 3.13. The number of pyridine rings is 1. The number of hydrogen-bond acceptors (Lipinski definition) is 1. The van der Waals surface area contributed by atoms with Crippen molar-refractivity contribution in [1.29, 1.82) is 0 Å². The van der Waals surface area contributed by atoms with Crippen molar-refractivity contribution in [3.05, 3.63) is 44.8 Å². The summed E-state index contributed by atoms with van der Waals surface area (Å²) in [6.45, 7) is -2.90. The zero-order chi connectivity index (χ0) is 11.9. The third-order valence-electron chi connectivity index (χ3n) is 2.20. The molecule has 2 aromatic rings. The molecule has 0 atom stereocenters. The number of halogens is 4. The monoisotopic (exact) mass is 263 g/mol. The van der Waals surface area contributed by atoms with E-state index in [9.17, 15) is 13.6 Å². The molecule has 0 aliphatic heterocycles. The van der Waals surface area contributed by atoms with Crippen LogP contribution >= 0.6 is 23.2 Å². The van der Waals surface area contributed by atoms with Crippen molar-refractivity contribution in [2.45, 2.75) is 6.55 Å². The van der Waals surface area contributed by atoms with Gasteiger partial charge in [-0.3, -0.25) is 9.36 Å². The van der Waals surface area contributed by atoms with E-state index in [4.69, 9.17) is 23.2 Å². The van der Waals surface area contributed by atoms with Gasteiger partial charge in [0.1, 0.15) is 0 Å². The minimum absolute atomic E-state index is 0.000772. The van der Waals surface area contributed by atoms with Gasteiger partial charge in [0.15, 0.2) is 0 Å². The molecule has 0 N–H and O–H groups in total. The summed E-state index contributed by atoms with van der Waals surface area (Å²) in [5.74, 6) is 0. The number of alkyl halides is 2. The number of rotatable bonds is 1. The van der Waals surface area contributed by atoms with Crippen LogP contribution in [0.25, 0.3) is 10.8 Å². The molecule has 0 fully saturated rings. The fourth-order valence-electron chi connectivity index (χ4n) is 1.43. The topological polar surface area (TPSA) is 22.0 Å². The van der Waals surface area contributed by atoms with Crippen LogP contribution in [-0.4, -0.2) is 4.57 Å². The maximum Gasteiger partial charge on any atom is 0.321 e. The summed E-state index contributed by atoms with van der Waals surface area (Å²) in [6.07, 6.45) is 1.03. The summed E-state index contributed by atoms with van der Waals surface area (Å²) in [5.41, 5.74) is -0.847. The quantitative estimate of drug-likeness (QED) is 0.769. The summed E-state index contributed by atoms with van der Waals surface area (Å²) in [7, 11) is 0. The van der Waals surface area contributed by atoms with E-state index in [2.05, 4.69) is 0 Å². The summed E-state index contributed by atoms with van der Waals surface area (Å²) in [6, 6.07) is 4.46. The predicted octanol–water partition coefficient (Wildman–Crippen LogP) is 3.70. The molecule has 0 unspecified atom stereocenters. The SMILES string of the molecule is O=c1c2c(Cl)c(Cl)ccc2ccn1C(F)F. The Labute approximate surface area is 99.0 Å². The smallest absolute Gasteiger partial charge is 0.268 e. The van der Waals surface area contributed by atoms with Crippen LogP contribution in [0.15, 0.2) is 29.2 Å². The van der Waals surface area contributed by atoms with E-state index in [1.807, 2.05) is 0 Å². The van der Waals surface area contributed by atoms with Gasteiger partial charge >= 0.3 is 6.55 Å². The van der Waals surface area contributed by atoms with E-state index in [0.29, 0.717) is 9.95 Å². The van der Waals surface area contributed by atoms with Gasteiger partial charge < -0.3 is 0 Å². The molecule has 0 saturated carbocycles. The second kappa shape index (κ2) is 4.03. The van der Waals surface area contributed by atoms with E-state index >= 15 is 0 Å². The average Bonchev–Trinajstić information content (AvgIpc) is 2.23. The normalized spacial score (nSPS) is 11.3. The van der Waals surface area contributed by atoms with Gasteiger partial charge in [0.2, 0.25) is 0 Å². The van der Waals surface area contributed by atoms with Crippen molar-refractivity contribution in [3.63, 3.8) is 0 Å². The number of hydrogen-bond donors (Lipinski definition) is 0. The molecule has 0 radical (unpaired) electrons. The minimum atomic E-state index is -2.90. The van der Waals surface area contributed by atoms with Crippen LogP contribution in [-0.2, 0) is 0 Å². The van der Waals surface area contributed by atoms with E-state index in [1.54, 1.807) is 6.07 Å². The third kappa shape index (κ3) is 1.68. The Hall–Kier alpha value is -1.13. The van der Waals surface area contributed by atoms with Crippen molar-refractivity contribution in [2.75, 3.05) is 0 Å². The van der Waals surface area contributed by atoms with Crippen molar-refractivity contribution in [1.82, 2.24) is 4.57 Å². The Kier molecular flexibility index (Phi) is 2.86. The Morgan fingerprint density at radius 3 is 2.50 bits per heavy atom. The van der Waals surface area contributed by atoms with Crippen LogP contribution in [0.1, 0.15) is 6.55 Å². The first-order chi connectivity index (χ1) is 7.52. The van der Waals surface area contributed by atoms with E-state index in [0.717, 1.165) is 6.20 Å². The third-order valence-corrected chi connectivity index (χ3v) is 3.00. The molecule has 84 valence electrons. The zero-order valence-electron chi connectivity index (χ0n) is 7.75. The summed E-state index contributed by atoms with van der Waals surface area (Å²) < 4.78 is 25.3. The minimum Gasteiger partial charge on any atom is -0.268 e. The summed E-state index contributed by atoms with van der Waals surface area (Å²) in [4.78, 5) is 11.7. The lowest BCUT2D eigenvalue weighted by atomic mass is 10.2. The predicted molar refractivity (Wildman–Crippen MR) is 59.5 cm³/mol. The molecule has 1 aromatic heterocycles. The fraction of sp³-hybridized carbons (Fsp3) is 0.100.